The lowest BCUT2D eigenvalue weighted by molar-refractivity contribution is 0.0953. The van der Waals surface area contributed by atoms with Gasteiger partial charge in [0.25, 0.3) is 0 Å². The van der Waals surface area contributed by atoms with Crippen LogP contribution in [0.3, 0.4) is 0 Å². The molecule has 0 spiro atoms. The number of Topliss-reactive ketones (excluding diaryl/α,β-unsaturated/α-hetero) is 1. The molecule has 0 aliphatic carbocycles. The van der Waals surface area contributed by atoms with Crippen LogP contribution in [0.25, 0.3) is 0 Å². The van der Waals surface area contributed by atoms with Gasteiger partial charge >= 0.3 is 0 Å². The van der Waals surface area contributed by atoms with Gasteiger partial charge in [-0.25, -0.2) is 4.39 Å². The summed E-state index contributed by atoms with van der Waals surface area (Å²) in [5.41, 5.74) is 1.36. The Morgan fingerprint density at radius 1 is 1.06 bits per heavy atom. The van der Waals surface area contributed by atoms with E-state index in [1.165, 1.54) is 12.1 Å². The summed E-state index contributed by atoms with van der Waals surface area (Å²) < 4.78 is 12.1. The van der Waals surface area contributed by atoms with E-state index in [2.05, 4.69) is 15.9 Å². The number of benzene rings is 2. The summed E-state index contributed by atoms with van der Waals surface area (Å²) in [6.45, 7) is 1.77. The number of hydrogen-bond donors (Lipinski definition) is 0. The van der Waals surface area contributed by atoms with Crippen LogP contribution in [0.15, 0.2) is 54.6 Å². The third-order valence-electron chi connectivity index (χ3n) is 2.85. The normalized spacial score (nSPS) is 13.9. The molecule has 0 aliphatic heterocycles. The molecule has 18 heavy (non-hydrogen) atoms. The number of carbonyl (C=O) groups is 1. The third-order valence-corrected chi connectivity index (χ3v) is 3.67. The highest BCUT2D eigenvalue weighted by atomic mass is 79.9. The third kappa shape index (κ3) is 2.51. The average Bonchev–Trinajstić information content (AvgIpc) is 2.39. The molecule has 0 aromatic heterocycles. The maximum Gasteiger partial charge on any atom is 0.183 e. The first-order valence-corrected chi connectivity index (χ1v) is 6.36. The number of alkyl halides is 1. The Bertz CT molecular complexity index is 546. The molecule has 2 rings (SSSR count). The van der Waals surface area contributed by atoms with Gasteiger partial charge in [-0.3, -0.25) is 4.79 Å². The maximum atomic E-state index is 12.9. The first-order chi connectivity index (χ1) is 8.51. The standard InChI is InChI=1S/C15H12BrFO/c1-15(16,12-7-9-13(17)10-8-12)14(18)11-5-3-2-4-6-11/h2-10H,1H3. The smallest absolute Gasteiger partial charge is 0.183 e. The van der Waals surface area contributed by atoms with Crippen molar-refractivity contribution in [2.45, 2.75) is 11.2 Å². The van der Waals surface area contributed by atoms with Gasteiger partial charge < -0.3 is 0 Å². The Morgan fingerprint density at radius 2 is 1.61 bits per heavy atom. The summed E-state index contributed by atoms with van der Waals surface area (Å²) in [6, 6.07) is 15.0. The van der Waals surface area contributed by atoms with E-state index >= 15 is 0 Å². The fraction of sp³-hybridized carbons (Fsp3) is 0.133. The second-order valence-electron chi connectivity index (χ2n) is 4.21. The van der Waals surface area contributed by atoms with Crippen LogP contribution >= 0.6 is 15.9 Å². The van der Waals surface area contributed by atoms with E-state index < -0.39 is 4.32 Å². The topological polar surface area (TPSA) is 17.1 Å². The van der Waals surface area contributed by atoms with Crippen LogP contribution in [-0.2, 0) is 4.32 Å². The highest BCUT2D eigenvalue weighted by molar-refractivity contribution is 9.10. The molecule has 1 unspecified atom stereocenters. The van der Waals surface area contributed by atoms with E-state index in [1.54, 1.807) is 31.2 Å². The number of rotatable bonds is 3. The molecule has 2 aromatic carbocycles. The lowest BCUT2D eigenvalue weighted by Gasteiger charge is -2.21. The molecule has 0 fully saturated rings. The van der Waals surface area contributed by atoms with Crippen molar-refractivity contribution in [3.63, 3.8) is 0 Å². The number of carbonyl (C=O) groups excluding carboxylic acids is 1. The molecule has 0 bridgehead atoms. The monoisotopic (exact) mass is 306 g/mol. The van der Waals surface area contributed by atoms with E-state index in [4.69, 9.17) is 0 Å². The van der Waals surface area contributed by atoms with Gasteiger partial charge in [0, 0.05) is 5.56 Å². The van der Waals surface area contributed by atoms with E-state index in [-0.39, 0.29) is 11.6 Å². The van der Waals surface area contributed by atoms with Crippen molar-refractivity contribution in [3.05, 3.63) is 71.5 Å². The largest absolute Gasteiger partial charge is 0.292 e. The summed E-state index contributed by atoms with van der Waals surface area (Å²) in [4.78, 5) is 12.4. The number of ketones is 1. The first kappa shape index (κ1) is 13.0. The van der Waals surface area contributed by atoms with Crippen LogP contribution in [-0.4, -0.2) is 5.78 Å². The van der Waals surface area contributed by atoms with E-state index in [0.29, 0.717) is 5.56 Å². The molecular formula is C15H12BrFO. The second-order valence-corrected chi connectivity index (χ2v) is 5.79. The molecular weight excluding hydrogens is 295 g/mol. The molecule has 92 valence electrons. The van der Waals surface area contributed by atoms with E-state index in [1.807, 2.05) is 18.2 Å². The molecule has 1 atom stereocenters. The minimum atomic E-state index is -0.845. The quantitative estimate of drug-likeness (QED) is 0.610. The average molecular weight is 307 g/mol. The molecule has 0 aliphatic rings. The van der Waals surface area contributed by atoms with Crippen LogP contribution in [0.4, 0.5) is 4.39 Å². The number of hydrogen-bond acceptors (Lipinski definition) is 1. The van der Waals surface area contributed by atoms with Crippen LogP contribution < -0.4 is 0 Å². The van der Waals surface area contributed by atoms with Gasteiger partial charge in [-0.15, -0.1) is 0 Å². The van der Waals surface area contributed by atoms with Crippen molar-refractivity contribution in [1.82, 2.24) is 0 Å². The SMILES string of the molecule is CC(Br)(C(=O)c1ccccc1)c1ccc(F)cc1. The summed E-state index contributed by atoms with van der Waals surface area (Å²) >= 11 is 3.44. The minimum Gasteiger partial charge on any atom is -0.292 e. The van der Waals surface area contributed by atoms with Crippen LogP contribution in [0, 0.1) is 5.82 Å². The minimum absolute atomic E-state index is 0.0466. The summed E-state index contributed by atoms with van der Waals surface area (Å²) in [5, 5.41) is 0. The van der Waals surface area contributed by atoms with Crippen molar-refractivity contribution in [3.8, 4) is 0 Å². The Hall–Kier alpha value is -1.48. The Morgan fingerprint density at radius 3 is 2.17 bits per heavy atom. The molecule has 0 N–H and O–H groups in total. The molecule has 0 amide bonds. The van der Waals surface area contributed by atoms with Gasteiger partial charge in [0.2, 0.25) is 0 Å². The van der Waals surface area contributed by atoms with Gasteiger partial charge in [0.05, 0.1) is 0 Å². The van der Waals surface area contributed by atoms with Gasteiger partial charge in [0.1, 0.15) is 10.1 Å². The van der Waals surface area contributed by atoms with Crippen LogP contribution in [0.2, 0.25) is 0 Å². The molecule has 0 heterocycles. The van der Waals surface area contributed by atoms with Crippen molar-refractivity contribution < 1.29 is 9.18 Å². The molecule has 3 heteroatoms. The van der Waals surface area contributed by atoms with E-state index in [0.717, 1.165) is 5.56 Å². The van der Waals surface area contributed by atoms with Gasteiger partial charge in [-0.05, 0) is 24.6 Å². The zero-order chi connectivity index (χ0) is 13.2. The van der Waals surface area contributed by atoms with E-state index in [9.17, 15) is 9.18 Å². The number of halogens is 2. The zero-order valence-electron chi connectivity index (χ0n) is 9.86. The maximum absolute atomic E-state index is 12.9. The summed E-state index contributed by atoms with van der Waals surface area (Å²) in [6.07, 6.45) is 0. The molecule has 0 radical (unpaired) electrons. The fourth-order valence-corrected chi connectivity index (χ4v) is 2.25. The fourth-order valence-electron chi connectivity index (χ4n) is 1.75. The first-order valence-electron chi connectivity index (χ1n) is 5.56. The lowest BCUT2D eigenvalue weighted by atomic mass is 9.92. The Labute approximate surface area is 114 Å². The molecule has 0 saturated heterocycles. The predicted molar refractivity (Wildman–Crippen MR) is 73.5 cm³/mol. The van der Waals surface area contributed by atoms with Gasteiger partial charge in [-0.2, -0.15) is 0 Å². The molecule has 1 nitrogen and oxygen atoms in total. The predicted octanol–water partition coefficient (Wildman–Crippen LogP) is 4.32. The highest BCUT2D eigenvalue weighted by Gasteiger charge is 2.32. The van der Waals surface area contributed by atoms with Crippen LogP contribution in [0.5, 0.6) is 0 Å². The Kier molecular flexibility index (Phi) is 3.62. The van der Waals surface area contributed by atoms with Crippen molar-refractivity contribution >= 4 is 21.7 Å². The summed E-state index contributed by atoms with van der Waals surface area (Å²) in [5.74, 6) is -0.357. The van der Waals surface area contributed by atoms with Gasteiger partial charge in [0.15, 0.2) is 5.78 Å². The Balaban J connectivity index is 2.37. The lowest BCUT2D eigenvalue weighted by Crippen LogP contribution is -2.25. The zero-order valence-corrected chi connectivity index (χ0v) is 11.4. The van der Waals surface area contributed by atoms with Gasteiger partial charge in [-0.1, -0.05) is 58.4 Å². The molecule has 2 aromatic rings. The van der Waals surface area contributed by atoms with Crippen LogP contribution in [0.1, 0.15) is 22.8 Å². The summed E-state index contributed by atoms with van der Waals surface area (Å²) in [7, 11) is 0. The highest BCUT2D eigenvalue weighted by Crippen LogP contribution is 2.34. The van der Waals surface area contributed by atoms with Crippen molar-refractivity contribution in [2.24, 2.45) is 0 Å². The second kappa shape index (κ2) is 5.02. The van der Waals surface area contributed by atoms with Crippen molar-refractivity contribution in [1.29, 1.82) is 0 Å². The molecule has 0 saturated carbocycles. The van der Waals surface area contributed by atoms with Crippen molar-refractivity contribution in [2.75, 3.05) is 0 Å².